The molecule has 4 heteroatoms. The van der Waals surface area contributed by atoms with Crippen molar-refractivity contribution in [3.8, 4) is 5.88 Å². The van der Waals surface area contributed by atoms with Gasteiger partial charge in [0.2, 0.25) is 5.88 Å². The second-order valence-electron chi connectivity index (χ2n) is 2.04. The average molecular weight is 185 g/mol. The Morgan fingerprint density at radius 3 is 2.85 bits per heavy atom. The summed E-state index contributed by atoms with van der Waals surface area (Å²) in [6.07, 6.45) is 2.82. The van der Waals surface area contributed by atoms with Crippen LogP contribution < -0.4 is 4.74 Å². The van der Waals surface area contributed by atoms with Crippen molar-refractivity contribution in [3.05, 3.63) is 23.9 Å². The van der Waals surface area contributed by atoms with Gasteiger partial charge < -0.3 is 9.53 Å². The second kappa shape index (κ2) is 7.21. The number of methoxy groups -OCH3 is 1. The molecule has 1 rings (SSSR count). The molecule has 0 amide bonds. The number of hydrogen-bond acceptors (Lipinski definition) is 3. The molecule has 0 atom stereocenters. The summed E-state index contributed by atoms with van der Waals surface area (Å²) in [7, 11) is 2.04. The fourth-order valence-corrected chi connectivity index (χ4v) is 0.853. The Bertz CT molecular complexity index is 253. The Hall–Kier alpha value is -1.45. The van der Waals surface area contributed by atoms with Gasteiger partial charge in [-0.15, -0.1) is 0 Å². The first-order valence-corrected chi connectivity index (χ1v) is 3.67. The highest BCUT2D eigenvalue weighted by Gasteiger charge is 2.00. The smallest absolute Gasteiger partial charge is 0.216 e. The van der Waals surface area contributed by atoms with Gasteiger partial charge in [0.25, 0.3) is 0 Å². The van der Waals surface area contributed by atoms with Crippen molar-refractivity contribution in [1.29, 1.82) is 0 Å². The Labute approximate surface area is 76.6 Å². The number of aldehydes is 1. The van der Waals surface area contributed by atoms with E-state index in [4.69, 9.17) is 4.74 Å². The zero-order valence-corrected chi connectivity index (χ0v) is 7.66. The molecule has 0 aliphatic rings. The predicted octanol–water partition coefficient (Wildman–Crippen LogP) is 1.42. The molecule has 0 N–H and O–H groups in total. The lowest BCUT2D eigenvalue weighted by atomic mass is 10.2. The number of pyridine rings is 1. The molecule has 13 heavy (non-hydrogen) atoms. The highest BCUT2D eigenvalue weighted by Crippen LogP contribution is 2.12. The molecule has 0 spiro atoms. The van der Waals surface area contributed by atoms with Gasteiger partial charge in [-0.3, -0.25) is 4.39 Å². The van der Waals surface area contributed by atoms with Crippen LogP contribution in [0.4, 0.5) is 4.39 Å². The van der Waals surface area contributed by atoms with E-state index in [9.17, 15) is 9.18 Å². The summed E-state index contributed by atoms with van der Waals surface area (Å²) < 4.78 is 14.4. The van der Waals surface area contributed by atoms with E-state index >= 15 is 0 Å². The van der Waals surface area contributed by atoms with Crippen molar-refractivity contribution >= 4 is 6.29 Å². The summed E-state index contributed by atoms with van der Waals surface area (Å²) in [4.78, 5) is 14.1. The predicted molar refractivity (Wildman–Crippen MR) is 47.6 cm³/mol. The number of carbonyl (C=O) groups excluding carboxylic acids is 1. The molecule has 72 valence electrons. The minimum Gasteiger partial charge on any atom is -0.481 e. The largest absolute Gasteiger partial charge is 0.481 e. The van der Waals surface area contributed by atoms with E-state index in [0.717, 1.165) is 11.8 Å². The molecule has 0 saturated heterocycles. The first kappa shape index (κ1) is 11.6. The van der Waals surface area contributed by atoms with Gasteiger partial charge >= 0.3 is 0 Å². The molecule has 1 aromatic heterocycles. The third-order valence-corrected chi connectivity index (χ3v) is 1.35. The summed E-state index contributed by atoms with van der Waals surface area (Å²) in [5, 5.41) is 0. The van der Waals surface area contributed by atoms with E-state index in [1.54, 1.807) is 12.3 Å². The van der Waals surface area contributed by atoms with Gasteiger partial charge in [0.1, 0.15) is 6.29 Å². The van der Waals surface area contributed by atoms with Gasteiger partial charge in [0.15, 0.2) is 0 Å². The van der Waals surface area contributed by atoms with E-state index in [2.05, 4.69) is 4.98 Å². The standard InChI is InChI=1S/C8H9NO2.CH3F/c1-11-8-7(4-6-10)3-2-5-9-8;1-2/h2-3,5-6H,4H2,1H3;1H3. The van der Waals surface area contributed by atoms with Crippen molar-refractivity contribution < 1.29 is 13.9 Å². The summed E-state index contributed by atoms with van der Waals surface area (Å²) in [6, 6.07) is 3.60. The van der Waals surface area contributed by atoms with Crippen LogP contribution in [0.2, 0.25) is 0 Å². The van der Waals surface area contributed by atoms with Gasteiger partial charge in [-0.1, -0.05) is 6.07 Å². The molecule has 0 bridgehead atoms. The van der Waals surface area contributed by atoms with Crippen LogP contribution in [0.25, 0.3) is 0 Å². The summed E-state index contributed by atoms with van der Waals surface area (Å²) in [5.41, 5.74) is 0.824. The first-order valence-electron chi connectivity index (χ1n) is 3.67. The molecular weight excluding hydrogens is 173 g/mol. The van der Waals surface area contributed by atoms with Crippen molar-refractivity contribution in [2.45, 2.75) is 6.42 Å². The Kier molecular flexibility index (Phi) is 6.41. The van der Waals surface area contributed by atoms with E-state index in [1.807, 2.05) is 6.07 Å². The van der Waals surface area contributed by atoms with Crippen LogP contribution in [0.1, 0.15) is 5.56 Å². The minimum absolute atomic E-state index is 0.358. The van der Waals surface area contributed by atoms with Gasteiger partial charge in [-0.25, -0.2) is 4.98 Å². The molecular formula is C9H12FNO2. The highest BCUT2D eigenvalue weighted by molar-refractivity contribution is 5.56. The Morgan fingerprint density at radius 1 is 1.62 bits per heavy atom. The maximum atomic E-state index is 10.2. The summed E-state index contributed by atoms with van der Waals surface area (Å²) in [5.74, 6) is 0.527. The van der Waals surface area contributed by atoms with Gasteiger partial charge in [-0.05, 0) is 6.07 Å². The molecule has 1 heterocycles. The van der Waals surface area contributed by atoms with Gasteiger partial charge in [-0.2, -0.15) is 0 Å². The average Bonchev–Trinajstić information content (AvgIpc) is 2.22. The van der Waals surface area contributed by atoms with Crippen LogP contribution in [0.5, 0.6) is 5.88 Å². The lowest BCUT2D eigenvalue weighted by molar-refractivity contribution is -0.107. The fourth-order valence-electron chi connectivity index (χ4n) is 0.853. The first-order chi connectivity index (χ1) is 6.38. The van der Waals surface area contributed by atoms with Crippen LogP contribution >= 0.6 is 0 Å². The molecule has 3 nitrogen and oxygen atoms in total. The number of rotatable bonds is 3. The Morgan fingerprint density at radius 2 is 2.31 bits per heavy atom. The number of ether oxygens (including phenoxy) is 1. The molecule has 1 aromatic rings. The molecule has 0 aliphatic carbocycles. The molecule has 0 aromatic carbocycles. The van der Waals surface area contributed by atoms with E-state index in [-0.39, 0.29) is 0 Å². The minimum atomic E-state index is 0.358. The highest BCUT2D eigenvalue weighted by atomic mass is 19.1. The number of hydrogen-bond donors (Lipinski definition) is 0. The number of alkyl halides is 1. The van der Waals surface area contributed by atoms with Crippen LogP contribution in [-0.2, 0) is 11.2 Å². The number of nitrogens with zero attached hydrogens (tertiary/aromatic N) is 1. The van der Waals surface area contributed by atoms with E-state index in [1.165, 1.54) is 7.11 Å². The van der Waals surface area contributed by atoms with E-state index in [0.29, 0.717) is 19.5 Å². The summed E-state index contributed by atoms with van der Waals surface area (Å²) >= 11 is 0. The van der Waals surface area contributed by atoms with E-state index < -0.39 is 0 Å². The lowest BCUT2D eigenvalue weighted by Gasteiger charge is -2.01. The number of carbonyl (C=O) groups is 1. The molecule has 0 aliphatic heterocycles. The molecule has 0 saturated carbocycles. The third-order valence-electron chi connectivity index (χ3n) is 1.35. The van der Waals surface area contributed by atoms with Crippen LogP contribution in [-0.4, -0.2) is 25.6 Å². The Balaban J connectivity index is 0.000000671. The van der Waals surface area contributed by atoms with Crippen molar-refractivity contribution in [3.63, 3.8) is 0 Å². The fraction of sp³-hybridized carbons (Fsp3) is 0.333. The van der Waals surface area contributed by atoms with Crippen molar-refractivity contribution in [2.75, 3.05) is 14.3 Å². The van der Waals surface area contributed by atoms with Crippen LogP contribution in [0.15, 0.2) is 18.3 Å². The normalized spacial score (nSPS) is 8.23. The maximum Gasteiger partial charge on any atom is 0.216 e. The SMILES string of the molecule is CF.COc1ncccc1CC=O. The van der Waals surface area contributed by atoms with Crippen LogP contribution in [0, 0.1) is 0 Å². The second-order valence-corrected chi connectivity index (χ2v) is 2.04. The molecule has 0 radical (unpaired) electrons. The quantitative estimate of drug-likeness (QED) is 0.668. The molecule has 0 unspecified atom stereocenters. The number of halogens is 1. The van der Waals surface area contributed by atoms with Crippen LogP contribution in [0.3, 0.4) is 0 Å². The topological polar surface area (TPSA) is 39.2 Å². The third kappa shape index (κ3) is 3.64. The van der Waals surface area contributed by atoms with Gasteiger partial charge in [0, 0.05) is 18.2 Å². The van der Waals surface area contributed by atoms with Gasteiger partial charge in [0.05, 0.1) is 14.3 Å². The lowest BCUT2D eigenvalue weighted by Crippen LogP contribution is -1.94. The molecule has 0 fully saturated rings. The maximum absolute atomic E-state index is 10.2. The van der Waals surface area contributed by atoms with Crippen molar-refractivity contribution in [2.24, 2.45) is 0 Å². The van der Waals surface area contributed by atoms with Crippen molar-refractivity contribution in [1.82, 2.24) is 4.98 Å². The zero-order valence-electron chi connectivity index (χ0n) is 7.66. The summed E-state index contributed by atoms with van der Waals surface area (Å²) in [6.45, 7) is 0. The number of aromatic nitrogens is 1. The monoisotopic (exact) mass is 185 g/mol. The zero-order chi connectivity index (χ0) is 10.1.